The molecular formula is C14H19N3OS. The van der Waals surface area contributed by atoms with Crippen LogP contribution in [-0.4, -0.2) is 12.1 Å². The van der Waals surface area contributed by atoms with Gasteiger partial charge in [-0.25, -0.2) is 4.98 Å². The molecule has 0 amide bonds. The second-order valence-corrected chi connectivity index (χ2v) is 5.74. The molecule has 0 aliphatic heterocycles. The number of methoxy groups -OCH3 is 1. The predicted octanol–water partition coefficient (Wildman–Crippen LogP) is 2.89. The Morgan fingerprint density at radius 1 is 1.47 bits per heavy atom. The highest BCUT2D eigenvalue weighted by atomic mass is 32.1. The molecule has 0 spiro atoms. The van der Waals surface area contributed by atoms with Crippen LogP contribution in [0.3, 0.4) is 0 Å². The highest BCUT2D eigenvalue weighted by molar-refractivity contribution is 7.11. The normalized spacial score (nSPS) is 12.4. The highest BCUT2D eigenvalue weighted by Crippen LogP contribution is 2.22. The summed E-state index contributed by atoms with van der Waals surface area (Å²) in [6, 6.07) is 5.97. The minimum absolute atomic E-state index is 0.222. The average Bonchev–Trinajstić information content (AvgIpc) is 2.83. The van der Waals surface area contributed by atoms with Crippen molar-refractivity contribution in [3.8, 4) is 5.75 Å². The maximum atomic E-state index is 5.99. The van der Waals surface area contributed by atoms with Crippen LogP contribution in [0.25, 0.3) is 0 Å². The van der Waals surface area contributed by atoms with Crippen molar-refractivity contribution in [1.29, 1.82) is 0 Å². The smallest absolute Gasteiger partial charge is 0.120 e. The minimum atomic E-state index is 0.222. The third kappa shape index (κ3) is 3.45. The Labute approximate surface area is 117 Å². The Morgan fingerprint density at radius 3 is 2.84 bits per heavy atom. The lowest BCUT2D eigenvalue weighted by molar-refractivity contribution is 0.415. The maximum Gasteiger partial charge on any atom is 0.120 e. The first kappa shape index (κ1) is 13.8. The van der Waals surface area contributed by atoms with Crippen LogP contribution in [0.2, 0.25) is 0 Å². The SMILES string of the molecule is COc1ccc(CNC(C)c2ncc(C)s2)c(N)c1. The van der Waals surface area contributed by atoms with E-state index in [0.717, 1.165) is 28.6 Å². The zero-order chi connectivity index (χ0) is 13.8. The lowest BCUT2D eigenvalue weighted by Crippen LogP contribution is -2.18. The molecule has 0 fully saturated rings. The van der Waals surface area contributed by atoms with Gasteiger partial charge in [-0.3, -0.25) is 0 Å². The Morgan fingerprint density at radius 2 is 2.26 bits per heavy atom. The average molecular weight is 277 g/mol. The van der Waals surface area contributed by atoms with Crippen molar-refractivity contribution in [2.45, 2.75) is 26.4 Å². The first-order chi connectivity index (χ1) is 9.10. The molecule has 1 aromatic carbocycles. The molecule has 0 aliphatic carbocycles. The summed E-state index contributed by atoms with van der Waals surface area (Å²) in [5, 5.41) is 4.54. The zero-order valence-corrected chi connectivity index (χ0v) is 12.3. The number of nitrogens with two attached hydrogens (primary N) is 1. The summed E-state index contributed by atoms with van der Waals surface area (Å²) in [5.74, 6) is 0.782. The number of aryl methyl sites for hydroxylation is 1. The van der Waals surface area contributed by atoms with Gasteiger partial charge in [0, 0.05) is 29.4 Å². The first-order valence-electron chi connectivity index (χ1n) is 6.18. The van der Waals surface area contributed by atoms with E-state index in [1.54, 1.807) is 18.4 Å². The van der Waals surface area contributed by atoms with Gasteiger partial charge in [-0.1, -0.05) is 6.07 Å². The van der Waals surface area contributed by atoms with E-state index in [4.69, 9.17) is 10.5 Å². The standard InChI is InChI=1S/C14H19N3OS/c1-9-7-17-14(19-9)10(2)16-8-11-4-5-12(18-3)6-13(11)15/h4-7,10,16H,8,15H2,1-3H3. The molecule has 4 nitrogen and oxygen atoms in total. The quantitative estimate of drug-likeness (QED) is 0.825. The molecule has 102 valence electrons. The number of nitrogens with one attached hydrogen (secondary N) is 1. The Hall–Kier alpha value is -1.59. The van der Waals surface area contributed by atoms with Crippen LogP contribution in [0.4, 0.5) is 5.69 Å². The highest BCUT2D eigenvalue weighted by Gasteiger charge is 2.09. The molecule has 1 heterocycles. The van der Waals surface area contributed by atoms with Gasteiger partial charge in [-0.15, -0.1) is 11.3 Å². The summed E-state index contributed by atoms with van der Waals surface area (Å²) in [6.07, 6.45) is 1.90. The number of benzene rings is 1. The number of ether oxygens (including phenoxy) is 1. The summed E-state index contributed by atoms with van der Waals surface area (Å²) in [7, 11) is 1.64. The monoisotopic (exact) mass is 277 g/mol. The molecule has 1 atom stereocenters. The van der Waals surface area contributed by atoms with Gasteiger partial charge in [0.1, 0.15) is 10.8 Å². The molecule has 1 aromatic heterocycles. The van der Waals surface area contributed by atoms with Crippen LogP contribution >= 0.6 is 11.3 Å². The number of thiazole rings is 1. The second kappa shape index (κ2) is 6.04. The van der Waals surface area contributed by atoms with Gasteiger partial charge in [0.2, 0.25) is 0 Å². The largest absolute Gasteiger partial charge is 0.497 e. The Bertz CT molecular complexity index is 553. The van der Waals surface area contributed by atoms with Crippen molar-refractivity contribution in [2.75, 3.05) is 12.8 Å². The first-order valence-corrected chi connectivity index (χ1v) is 7.00. The Kier molecular flexibility index (Phi) is 4.39. The molecule has 0 bridgehead atoms. The second-order valence-electron chi connectivity index (χ2n) is 4.48. The van der Waals surface area contributed by atoms with Crippen LogP contribution in [0.15, 0.2) is 24.4 Å². The molecule has 5 heteroatoms. The van der Waals surface area contributed by atoms with E-state index in [1.807, 2.05) is 24.4 Å². The van der Waals surface area contributed by atoms with E-state index in [1.165, 1.54) is 4.88 Å². The van der Waals surface area contributed by atoms with Gasteiger partial charge in [0.05, 0.1) is 13.2 Å². The number of hydrogen-bond acceptors (Lipinski definition) is 5. The number of aromatic nitrogens is 1. The van der Waals surface area contributed by atoms with Gasteiger partial charge in [-0.05, 0) is 25.5 Å². The topological polar surface area (TPSA) is 60.2 Å². The zero-order valence-electron chi connectivity index (χ0n) is 11.4. The van der Waals surface area contributed by atoms with Crippen molar-refractivity contribution >= 4 is 17.0 Å². The van der Waals surface area contributed by atoms with Crippen LogP contribution in [-0.2, 0) is 6.54 Å². The minimum Gasteiger partial charge on any atom is -0.497 e. The fourth-order valence-corrected chi connectivity index (χ4v) is 2.58. The third-order valence-corrected chi connectivity index (χ3v) is 4.06. The van der Waals surface area contributed by atoms with E-state index < -0.39 is 0 Å². The van der Waals surface area contributed by atoms with Crippen LogP contribution in [0.5, 0.6) is 5.75 Å². The lowest BCUT2D eigenvalue weighted by atomic mass is 10.1. The van der Waals surface area contributed by atoms with E-state index in [0.29, 0.717) is 0 Å². The maximum absolute atomic E-state index is 5.99. The van der Waals surface area contributed by atoms with Crippen molar-refractivity contribution in [3.05, 3.63) is 39.8 Å². The summed E-state index contributed by atoms with van der Waals surface area (Å²) < 4.78 is 5.14. The van der Waals surface area contributed by atoms with Gasteiger partial charge in [-0.2, -0.15) is 0 Å². The molecule has 19 heavy (non-hydrogen) atoms. The van der Waals surface area contributed by atoms with E-state index in [2.05, 4.69) is 24.1 Å². The van der Waals surface area contributed by atoms with Crippen molar-refractivity contribution in [2.24, 2.45) is 0 Å². The molecule has 0 saturated carbocycles. The van der Waals surface area contributed by atoms with Crippen LogP contribution in [0, 0.1) is 6.92 Å². The van der Waals surface area contributed by atoms with Crippen molar-refractivity contribution in [1.82, 2.24) is 10.3 Å². The number of rotatable bonds is 5. The van der Waals surface area contributed by atoms with E-state index in [9.17, 15) is 0 Å². The summed E-state index contributed by atoms with van der Waals surface area (Å²) in [6.45, 7) is 4.89. The Balaban J connectivity index is 1.98. The number of hydrogen-bond donors (Lipinski definition) is 2. The molecule has 0 saturated heterocycles. The van der Waals surface area contributed by atoms with Crippen LogP contribution < -0.4 is 15.8 Å². The lowest BCUT2D eigenvalue weighted by Gasteiger charge is -2.13. The van der Waals surface area contributed by atoms with Crippen molar-refractivity contribution < 1.29 is 4.74 Å². The molecule has 1 unspecified atom stereocenters. The molecule has 0 aliphatic rings. The molecule has 2 aromatic rings. The number of anilines is 1. The molecule has 3 N–H and O–H groups in total. The summed E-state index contributed by atoms with van der Waals surface area (Å²) in [4.78, 5) is 5.61. The van der Waals surface area contributed by atoms with Gasteiger partial charge in [0.15, 0.2) is 0 Å². The summed E-state index contributed by atoms with van der Waals surface area (Å²) in [5.41, 5.74) is 7.81. The summed E-state index contributed by atoms with van der Waals surface area (Å²) >= 11 is 1.72. The number of nitrogens with zero attached hydrogens (tertiary/aromatic N) is 1. The predicted molar refractivity (Wildman–Crippen MR) is 79.5 cm³/mol. The van der Waals surface area contributed by atoms with Gasteiger partial charge >= 0.3 is 0 Å². The molecule has 0 radical (unpaired) electrons. The van der Waals surface area contributed by atoms with E-state index >= 15 is 0 Å². The van der Waals surface area contributed by atoms with Gasteiger partial charge in [0.25, 0.3) is 0 Å². The number of nitrogen functional groups attached to an aromatic ring is 1. The van der Waals surface area contributed by atoms with Crippen LogP contribution in [0.1, 0.15) is 28.4 Å². The van der Waals surface area contributed by atoms with Gasteiger partial charge < -0.3 is 15.8 Å². The van der Waals surface area contributed by atoms with Crippen molar-refractivity contribution in [3.63, 3.8) is 0 Å². The molecular weight excluding hydrogens is 258 g/mol. The fraction of sp³-hybridized carbons (Fsp3) is 0.357. The van der Waals surface area contributed by atoms with E-state index in [-0.39, 0.29) is 6.04 Å². The third-order valence-electron chi connectivity index (χ3n) is 2.96. The molecule has 2 rings (SSSR count). The fourth-order valence-electron chi connectivity index (χ4n) is 1.78.